The second-order valence-corrected chi connectivity index (χ2v) is 7.99. The normalized spacial score (nSPS) is 20.0. The molecule has 8 heteroatoms. The van der Waals surface area contributed by atoms with Crippen LogP contribution in [-0.4, -0.2) is 40.9 Å². The van der Waals surface area contributed by atoms with Crippen LogP contribution in [0.25, 0.3) is 0 Å². The van der Waals surface area contributed by atoms with Gasteiger partial charge in [-0.15, -0.1) is 11.8 Å². The van der Waals surface area contributed by atoms with Crippen molar-refractivity contribution in [2.75, 3.05) is 19.4 Å². The Labute approximate surface area is 169 Å². The van der Waals surface area contributed by atoms with E-state index in [1.54, 1.807) is 24.3 Å². The molecule has 1 aliphatic rings. The molecule has 0 radical (unpaired) electrons. The Kier molecular flexibility index (Phi) is 5.96. The number of hydrogen-bond donors (Lipinski definition) is 0. The van der Waals surface area contributed by atoms with E-state index in [0.29, 0.717) is 16.4 Å². The van der Waals surface area contributed by atoms with Crippen molar-refractivity contribution in [3.8, 4) is 0 Å². The number of ether oxygens (including phenoxy) is 1. The van der Waals surface area contributed by atoms with E-state index in [1.807, 2.05) is 30.3 Å². The lowest BCUT2D eigenvalue weighted by Gasteiger charge is -2.29. The predicted molar refractivity (Wildman–Crippen MR) is 109 cm³/mol. The third-order valence-electron chi connectivity index (χ3n) is 4.47. The average Bonchev–Trinajstić information content (AvgIpc) is 3.13. The lowest BCUT2D eigenvalue weighted by molar-refractivity contribution is -0.484. The summed E-state index contributed by atoms with van der Waals surface area (Å²) in [5, 5.41) is 12.1. The number of esters is 1. The highest BCUT2D eigenvalue weighted by molar-refractivity contribution is 9.10. The van der Waals surface area contributed by atoms with Gasteiger partial charge in [0.25, 0.3) is 0 Å². The Balaban J connectivity index is 2.11. The number of aliphatic imine (C=N–C) groups is 1. The van der Waals surface area contributed by atoms with Gasteiger partial charge < -0.3 is 4.74 Å². The van der Waals surface area contributed by atoms with E-state index in [4.69, 9.17) is 9.73 Å². The first kappa shape index (κ1) is 19.6. The first-order valence-electron chi connectivity index (χ1n) is 8.20. The Morgan fingerprint density at radius 1 is 1.30 bits per heavy atom. The maximum Gasteiger partial charge on any atom is 0.335 e. The average molecular weight is 449 g/mol. The van der Waals surface area contributed by atoms with Gasteiger partial charge in [0.05, 0.1) is 18.1 Å². The molecule has 0 bridgehead atoms. The topological polar surface area (TPSA) is 81.8 Å². The number of methoxy groups -OCH3 is 1. The number of carbonyl (C=O) groups is 1. The maximum absolute atomic E-state index is 12.8. The molecule has 2 aromatic rings. The third-order valence-corrected chi connectivity index (χ3v) is 6.18. The highest BCUT2D eigenvalue weighted by Crippen LogP contribution is 2.42. The third kappa shape index (κ3) is 4.06. The summed E-state index contributed by atoms with van der Waals surface area (Å²) in [5.41, 5.74) is 0.216. The zero-order valence-electron chi connectivity index (χ0n) is 14.5. The van der Waals surface area contributed by atoms with Gasteiger partial charge in [0.2, 0.25) is 6.54 Å². The fraction of sp³-hybridized carbons (Fsp3) is 0.263. The molecule has 0 fully saturated rings. The van der Waals surface area contributed by atoms with Gasteiger partial charge in [-0.1, -0.05) is 58.4 Å². The van der Waals surface area contributed by atoms with Crippen LogP contribution in [0.5, 0.6) is 0 Å². The van der Waals surface area contributed by atoms with Crippen molar-refractivity contribution >= 4 is 38.7 Å². The van der Waals surface area contributed by atoms with Crippen LogP contribution in [-0.2, 0) is 9.53 Å². The van der Waals surface area contributed by atoms with Crippen LogP contribution in [0.15, 0.2) is 64.1 Å². The van der Waals surface area contributed by atoms with Crippen LogP contribution >= 0.6 is 27.7 Å². The molecule has 2 aromatic carbocycles. The van der Waals surface area contributed by atoms with Crippen LogP contribution < -0.4 is 0 Å². The number of rotatable bonds is 6. The standard InChI is InChI=1S/C19H17BrN2O4S/c1-26-18(23)19(12-27-17(21-19)14-5-3-2-4-6-14)16(11-22(24)25)13-7-9-15(20)10-8-13/h2-10,16H,11-12H2,1H3/t16-,19+/m1/s1. The Bertz CT molecular complexity index is 873. The zero-order valence-corrected chi connectivity index (χ0v) is 16.9. The molecule has 27 heavy (non-hydrogen) atoms. The summed E-state index contributed by atoms with van der Waals surface area (Å²) in [6, 6.07) is 16.7. The van der Waals surface area contributed by atoms with Gasteiger partial charge in [-0.25, -0.2) is 4.79 Å². The van der Waals surface area contributed by atoms with Crippen LogP contribution in [0.1, 0.15) is 17.0 Å². The fourth-order valence-corrected chi connectivity index (χ4v) is 4.67. The summed E-state index contributed by atoms with van der Waals surface area (Å²) in [6.45, 7) is -0.414. The monoisotopic (exact) mass is 448 g/mol. The summed E-state index contributed by atoms with van der Waals surface area (Å²) < 4.78 is 5.89. The molecule has 1 heterocycles. The van der Waals surface area contributed by atoms with E-state index in [-0.39, 0.29) is 0 Å². The van der Waals surface area contributed by atoms with Gasteiger partial charge in [0.15, 0.2) is 5.54 Å². The van der Waals surface area contributed by atoms with E-state index in [1.165, 1.54) is 18.9 Å². The van der Waals surface area contributed by atoms with Crippen molar-refractivity contribution in [1.29, 1.82) is 0 Å². The van der Waals surface area contributed by atoms with Crippen molar-refractivity contribution in [1.82, 2.24) is 0 Å². The molecule has 0 spiro atoms. The van der Waals surface area contributed by atoms with Gasteiger partial charge in [-0.05, 0) is 17.7 Å². The second-order valence-electron chi connectivity index (χ2n) is 6.11. The molecule has 0 saturated heterocycles. The van der Waals surface area contributed by atoms with Crippen LogP contribution in [0, 0.1) is 10.1 Å². The molecule has 0 amide bonds. The molecular formula is C19H17BrN2O4S. The minimum atomic E-state index is -1.34. The van der Waals surface area contributed by atoms with Crippen LogP contribution in [0.2, 0.25) is 0 Å². The molecule has 140 valence electrons. The van der Waals surface area contributed by atoms with Crippen molar-refractivity contribution in [2.45, 2.75) is 11.5 Å². The maximum atomic E-state index is 12.8. The number of carbonyl (C=O) groups excluding carboxylic acids is 1. The molecule has 2 atom stereocenters. The summed E-state index contributed by atoms with van der Waals surface area (Å²) in [7, 11) is 1.29. The van der Waals surface area contributed by atoms with E-state index >= 15 is 0 Å². The summed E-state index contributed by atoms with van der Waals surface area (Å²) >= 11 is 4.78. The minimum absolute atomic E-state index is 0.290. The molecular weight excluding hydrogens is 432 g/mol. The molecule has 6 nitrogen and oxygen atoms in total. The number of thioether (sulfide) groups is 1. The lowest BCUT2D eigenvalue weighted by atomic mass is 9.80. The van der Waals surface area contributed by atoms with Crippen LogP contribution in [0.3, 0.4) is 0 Å². The van der Waals surface area contributed by atoms with E-state index < -0.39 is 28.9 Å². The minimum Gasteiger partial charge on any atom is -0.467 e. The molecule has 0 aliphatic carbocycles. The van der Waals surface area contributed by atoms with E-state index in [9.17, 15) is 14.9 Å². The van der Waals surface area contributed by atoms with Gasteiger partial charge >= 0.3 is 5.97 Å². The molecule has 0 aromatic heterocycles. The largest absolute Gasteiger partial charge is 0.467 e. The predicted octanol–water partition coefficient (Wildman–Crippen LogP) is 3.91. The quantitative estimate of drug-likeness (QED) is 0.380. The first-order chi connectivity index (χ1) is 13.0. The Morgan fingerprint density at radius 3 is 2.56 bits per heavy atom. The van der Waals surface area contributed by atoms with Crippen molar-refractivity contribution in [2.24, 2.45) is 4.99 Å². The number of hydrogen-bond acceptors (Lipinski definition) is 6. The smallest absolute Gasteiger partial charge is 0.335 e. The van der Waals surface area contributed by atoms with Crippen molar-refractivity contribution in [3.05, 3.63) is 80.3 Å². The Hall–Kier alpha value is -2.19. The SMILES string of the molecule is COC(=O)[C@@]1([C@H](C[N+](=O)[O-])c2ccc(Br)cc2)CSC(c2ccccc2)=N1. The molecule has 1 aliphatic heterocycles. The number of nitrogens with zero attached hydrogens (tertiary/aromatic N) is 2. The van der Waals surface area contributed by atoms with E-state index in [2.05, 4.69) is 15.9 Å². The Morgan fingerprint density at radius 2 is 1.96 bits per heavy atom. The van der Waals surface area contributed by atoms with Crippen LogP contribution in [0.4, 0.5) is 0 Å². The zero-order chi connectivity index (χ0) is 19.4. The molecule has 0 N–H and O–H groups in total. The lowest BCUT2D eigenvalue weighted by Crippen LogP contribution is -2.47. The summed E-state index contributed by atoms with van der Waals surface area (Å²) in [5.74, 6) is -1.00. The number of nitro groups is 1. The summed E-state index contributed by atoms with van der Waals surface area (Å²) in [4.78, 5) is 28.5. The van der Waals surface area contributed by atoms with Gasteiger partial charge in [0.1, 0.15) is 0 Å². The number of halogens is 1. The summed E-state index contributed by atoms with van der Waals surface area (Å²) in [6.07, 6.45) is 0. The molecule has 3 rings (SSSR count). The highest BCUT2D eigenvalue weighted by Gasteiger charge is 2.53. The second kappa shape index (κ2) is 8.22. The van der Waals surface area contributed by atoms with E-state index in [0.717, 1.165) is 10.0 Å². The van der Waals surface area contributed by atoms with Gasteiger partial charge in [-0.2, -0.15) is 0 Å². The first-order valence-corrected chi connectivity index (χ1v) is 9.98. The van der Waals surface area contributed by atoms with Crippen molar-refractivity contribution in [3.63, 3.8) is 0 Å². The molecule has 0 unspecified atom stereocenters. The molecule has 0 saturated carbocycles. The fourth-order valence-electron chi connectivity index (χ4n) is 3.13. The van der Waals surface area contributed by atoms with Crippen molar-refractivity contribution < 1.29 is 14.5 Å². The highest BCUT2D eigenvalue weighted by atomic mass is 79.9. The van der Waals surface area contributed by atoms with Gasteiger partial charge in [0, 0.05) is 20.7 Å². The van der Waals surface area contributed by atoms with Gasteiger partial charge in [-0.3, -0.25) is 15.1 Å². The number of benzene rings is 2.